The van der Waals surface area contributed by atoms with E-state index in [0.29, 0.717) is 24.6 Å². The fraction of sp³-hybridized carbons (Fsp3) is 0.200. The topological polar surface area (TPSA) is 79.8 Å². The summed E-state index contributed by atoms with van der Waals surface area (Å²) in [6.07, 6.45) is 6.73. The van der Waals surface area contributed by atoms with Crippen LogP contribution in [0.15, 0.2) is 67.3 Å². The number of amides is 1. The molecule has 0 atom stereocenters. The maximum atomic E-state index is 12.2. The number of benzene rings is 1. The highest BCUT2D eigenvalue weighted by atomic mass is 16.1. The van der Waals surface area contributed by atoms with Crippen molar-refractivity contribution in [2.24, 2.45) is 0 Å². The summed E-state index contributed by atoms with van der Waals surface area (Å²) in [5, 5.41) is 6.08. The van der Waals surface area contributed by atoms with Gasteiger partial charge in [0.1, 0.15) is 17.8 Å². The summed E-state index contributed by atoms with van der Waals surface area (Å²) in [5.74, 6) is 0.420. The number of carbonyl (C=O) groups excluding carboxylic acids is 1. The number of aromatic nitrogens is 3. The van der Waals surface area contributed by atoms with Crippen LogP contribution in [-0.4, -0.2) is 27.4 Å². The van der Waals surface area contributed by atoms with Crippen LogP contribution in [0.25, 0.3) is 0 Å². The fourth-order valence-corrected chi connectivity index (χ4v) is 2.50. The van der Waals surface area contributed by atoms with Crippen molar-refractivity contribution in [3.63, 3.8) is 0 Å². The van der Waals surface area contributed by atoms with Gasteiger partial charge in [0.05, 0.1) is 0 Å². The van der Waals surface area contributed by atoms with E-state index in [1.54, 1.807) is 18.5 Å². The Kier molecular flexibility index (Phi) is 6.25. The highest BCUT2D eigenvalue weighted by Crippen LogP contribution is 2.07. The summed E-state index contributed by atoms with van der Waals surface area (Å²) in [5.41, 5.74) is 2.66. The molecule has 0 aliphatic carbocycles. The molecule has 3 rings (SSSR count). The molecule has 0 unspecified atom stereocenters. The Morgan fingerprint density at radius 1 is 1.00 bits per heavy atom. The number of hydrogen-bond acceptors (Lipinski definition) is 5. The van der Waals surface area contributed by atoms with Crippen LogP contribution in [0.4, 0.5) is 5.82 Å². The van der Waals surface area contributed by atoms with Gasteiger partial charge < -0.3 is 10.6 Å². The van der Waals surface area contributed by atoms with Crippen LogP contribution in [0.1, 0.15) is 28.0 Å². The van der Waals surface area contributed by atoms with Crippen molar-refractivity contribution in [3.05, 3.63) is 84.1 Å². The van der Waals surface area contributed by atoms with E-state index in [0.717, 1.165) is 18.4 Å². The van der Waals surface area contributed by atoms with E-state index >= 15 is 0 Å². The van der Waals surface area contributed by atoms with Gasteiger partial charge in [-0.2, -0.15) is 0 Å². The molecule has 0 fully saturated rings. The van der Waals surface area contributed by atoms with Crippen molar-refractivity contribution in [2.45, 2.75) is 19.4 Å². The third-order valence-electron chi connectivity index (χ3n) is 3.87. The van der Waals surface area contributed by atoms with Gasteiger partial charge in [-0.1, -0.05) is 36.4 Å². The standard InChI is InChI=1S/C20H21N5O/c26-20(22-11-5-8-16-6-2-1-3-7-16)18-12-19(25-15-24-18)23-14-17-9-4-10-21-13-17/h1-4,6-7,9-10,12-13,15H,5,8,11,14H2,(H,22,26)(H,23,24,25). The third-order valence-corrected chi connectivity index (χ3v) is 3.87. The molecule has 0 saturated heterocycles. The highest BCUT2D eigenvalue weighted by molar-refractivity contribution is 5.92. The number of hydrogen-bond donors (Lipinski definition) is 2. The number of anilines is 1. The lowest BCUT2D eigenvalue weighted by atomic mass is 10.1. The third kappa shape index (κ3) is 5.37. The van der Waals surface area contributed by atoms with Gasteiger partial charge in [0, 0.05) is 31.5 Å². The van der Waals surface area contributed by atoms with Crippen LogP contribution in [0, 0.1) is 0 Å². The lowest BCUT2D eigenvalue weighted by Crippen LogP contribution is -2.26. The molecule has 0 spiro atoms. The molecule has 0 radical (unpaired) electrons. The summed E-state index contributed by atoms with van der Waals surface area (Å²) in [6, 6.07) is 15.7. The summed E-state index contributed by atoms with van der Waals surface area (Å²) in [7, 11) is 0. The van der Waals surface area contributed by atoms with Gasteiger partial charge in [0.25, 0.3) is 5.91 Å². The maximum Gasteiger partial charge on any atom is 0.270 e. The average molecular weight is 347 g/mol. The Morgan fingerprint density at radius 2 is 1.85 bits per heavy atom. The average Bonchev–Trinajstić information content (AvgIpc) is 2.71. The van der Waals surface area contributed by atoms with E-state index in [1.165, 1.54) is 11.9 Å². The zero-order chi connectivity index (χ0) is 18.0. The van der Waals surface area contributed by atoms with Crippen molar-refractivity contribution in [1.29, 1.82) is 0 Å². The molecule has 6 heteroatoms. The number of rotatable bonds is 8. The van der Waals surface area contributed by atoms with Gasteiger partial charge in [0.2, 0.25) is 0 Å². The lowest BCUT2D eigenvalue weighted by Gasteiger charge is -2.08. The van der Waals surface area contributed by atoms with E-state index in [2.05, 4.69) is 37.7 Å². The zero-order valence-electron chi connectivity index (χ0n) is 14.4. The van der Waals surface area contributed by atoms with Gasteiger partial charge in [-0.05, 0) is 30.0 Å². The van der Waals surface area contributed by atoms with Gasteiger partial charge >= 0.3 is 0 Å². The lowest BCUT2D eigenvalue weighted by molar-refractivity contribution is 0.0948. The Hall–Kier alpha value is -3.28. The van der Waals surface area contributed by atoms with Crippen molar-refractivity contribution >= 4 is 11.7 Å². The summed E-state index contributed by atoms with van der Waals surface area (Å²) >= 11 is 0. The number of carbonyl (C=O) groups is 1. The molecule has 2 aromatic heterocycles. The Balaban J connectivity index is 1.46. The molecular formula is C20H21N5O. The molecule has 1 amide bonds. The molecule has 26 heavy (non-hydrogen) atoms. The minimum atomic E-state index is -0.190. The van der Waals surface area contributed by atoms with Crippen molar-refractivity contribution in [2.75, 3.05) is 11.9 Å². The van der Waals surface area contributed by atoms with Crippen molar-refractivity contribution < 1.29 is 4.79 Å². The van der Waals surface area contributed by atoms with Crippen LogP contribution in [-0.2, 0) is 13.0 Å². The molecule has 0 bridgehead atoms. The van der Waals surface area contributed by atoms with Gasteiger partial charge in [-0.25, -0.2) is 9.97 Å². The van der Waals surface area contributed by atoms with E-state index in [4.69, 9.17) is 0 Å². The minimum Gasteiger partial charge on any atom is -0.366 e. The molecular weight excluding hydrogens is 326 g/mol. The number of pyridine rings is 1. The molecule has 0 aliphatic rings. The summed E-state index contributed by atoms with van der Waals surface area (Å²) < 4.78 is 0. The zero-order valence-corrected chi connectivity index (χ0v) is 14.4. The first-order valence-electron chi connectivity index (χ1n) is 8.58. The van der Waals surface area contributed by atoms with Gasteiger partial charge in [-0.3, -0.25) is 9.78 Å². The second-order valence-corrected chi connectivity index (χ2v) is 5.85. The largest absolute Gasteiger partial charge is 0.366 e. The first kappa shape index (κ1) is 17.5. The second kappa shape index (κ2) is 9.27. The number of nitrogens with zero attached hydrogens (tertiary/aromatic N) is 3. The molecule has 1 aromatic carbocycles. The summed E-state index contributed by atoms with van der Waals surface area (Å²) in [4.78, 5) is 24.5. The Bertz CT molecular complexity index is 824. The maximum absolute atomic E-state index is 12.2. The first-order valence-corrected chi connectivity index (χ1v) is 8.58. The van der Waals surface area contributed by atoms with Crippen LogP contribution in [0.5, 0.6) is 0 Å². The molecule has 132 valence electrons. The second-order valence-electron chi connectivity index (χ2n) is 5.85. The van der Waals surface area contributed by atoms with Crippen LogP contribution in [0.2, 0.25) is 0 Å². The Morgan fingerprint density at radius 3 is 2.65 bits per heavy atom. The number of aryl methyl sites for hydroxylation is 1. The molecule has 6 nitrogen and oxygen atoms in total. The molecule has 2 N–H and O–H groups in total. The van der Waals surface area contributed by atoms with Crippen LogP contribution in [0.3, 0.4) is 0 Å². The van der Waals surface area contributed by atoms with Gasteiger partial charge in [0.15, 0.2) is 0 Å². The normalized spacial score (nSPS) is 10.3. The van der Waals surface area contributed by atoms with E-state index in [-0.39, 0.29) is 5.91 Å². The smallest absolute Gasteiger partial charge is 0.270 e. The van der Waals surface area contributed by atoms with E-state index < -0.39 is 0 Å². The van der Waals surface area contributed by atoms with Crippen molar-refractivity contribution in [1.82, 2.24) is 20.3 Å². The van der Waals surface area contributed by atoms with Crippen LogP contribution >= 0.6 is 0 Å². The van der Waals surface area contributed by atoms with E-state index in [1.807, 2.05) is 30.3 Å². The predicted molar refractivity (Wildman–Crippen MR) is 101 cm³/mol. The van der Waals surface area contributed by atoms with E-state index in [9.17, 15) is 4.79 Å². The van der Waals surface area contributed by atoms with Crippen molar-refractivity contribution in [3.8, 4) is 0 Å². The van der Waals surface area contributed by atoms with Crippen LogP contribution < -0.4 is 10.6 Å². The Labute approximate surface area is 152 Å². The highest BCUT2D eigenvalue weighted by Gasteiger charge is 2.08. The SMILES string of the molecule is O=C(NCCCc1ccccc1)c1cc(NCc2cccnc2)ncn1. The quantitative estimate of drug-likeness (QED) is 0.613. The minimum absolute atomic E-state index is 0.190. The molecule has 3 aromatic rings. The first-order chi connectivity index (χ1) is 12.8. The summed E-state index contributed by atoms with van der Waals surface area (Å²) in [6.45, 7) is 1.19. The fourth-order valence-electron chi connectivity index (χ4n) is 2.50. The van der Waals surface area contributed by atoms with Gasteiger partial charge in [-0.15, -0.1) is 0 Å². The number of nitrogens with one attached hydrogen (secondary N) is 2. The predicted octanol–water partition coefficient (Wildman–Crippen LogP) is 2.85. The monoisotopic (exact) mass is 347 g/mol. The molecule has 2 heterocycles. The molecule has 0 saturated carbocycles. The molecule has 0 aliphatic heterocycles.